The molecule has 1 aromatic rings. The molecule has 3 N–H and O–H groups in total. The van der Waals surface area contributed by atoms with Crippen molar-refractivity contribution >= 4 is 11.8 Å². The summed E-state index contributed by atoms with van der Waals surface area (Å²) in [5, 5.41) is 2.73. The van der Waals surface area contributed by atoms with Gasteiger partial charge in [0.05, 0.1) is 0 Å². The van der Waals surface area contributed by atoms with Crippen LogP contribution in [0.25, 0.3) is 0 Å². The van der Waals surface area contributed by atoms with Crippen molar-refractivity contribution in [2.45, 2.75) is 31.8 Å². The number of nitrogens with one attached hydrogen (secondary N) is 1. The Hall–Kier alpha value is -1.88. The van der Waals surface area contributed by atoms with Crippen molar-refractivity contribution in [1.82, 2.24) is 10.2 Å². The third kappa shape index (κ3) is 3.81. The molecule has 1 atom stereocenters. The Balaban J connectivity index is 2.02. The van der Waals surface area contributed by atoms with E-state index in [4.69, 9.17) is 5.73 Å². The lowest BCUT2D eigenvalue weighted by atomic mass is 10.1. The van der Waals surface area contributed by atoms with Gasteiger partial charge in [-0.2, -0.15) is 0 Å². The summed E-state index contributed by atoms with van der Waals surface area (Å²) in [4.78, 5) is 25.5. The molecule has 1 aliphatic heterocycles. The highest BCUT2D eigenvalue weighted by Crippen LogP contribution is 2.13. The molecule has 0 saturated carbocycles. The maximum Gasteiger partial charge on any atom is 0.245 e. The van der Waals surface area contributed by atoms with Crippen molar-refractivity contribution in [2.24, 2.45) is 5.73 Å². The van der Waals surface area contributed by atoms with Crippen LogP contribution < -0.4 is 11.1 Å². The maximum atomic E-state index is 12.5. The van der Waals surface area contributed by atoms with Crippen LogP contribution in [0.1, 0.15) is 24.8 Å². The Morgan fingerprint density at radius 2 is 2.10 bits per heavy atom. The van der Waals surface area contributed by atoms with Crippen molar-refractivity contribution in [3.8, 4) is 0 Å². The normalized spacial score (nSPS) is 17.9. The molecule has 0 aliphatic carbocycles. The van der Waals surface area contributed by atoms with Crippen molar-refractivity contribution in [2.75, 3.05) is 13.1 Å². The number of rotatable bonds is 6. The summed E-state index contributed by atoms with van der Waals surface area (Å²) in [6.45, 7) is 1.73. The summed E-state index contributed by atoms with van der Waals surface area (Å²) >= 11 is 0. The summed E-state index contributed by atoms with van der Waals surface area (Å²) < 4.78 is 0. The van der Waals surface area contributed by atoms with Crippen LogP contribution in [-0.4, -0.2) is 35.8 Å². The standard InChI is InChI=1S/C15H21N3O2/c16-9-4-10-18(11-12-5-2-1-3-6-12)15(20)13-7-8-14(19)17-13/h1-3,5-6,13H,4,7-11,16H2,(H,17,19)/t13-/m0/s1. The molecule has 0 bridgehead atoms. The highest BCUT2D eigenvalue weighted by Gasteiger charge is 2.30. The second-order valence-electron chi connectivity index (χ2n) is 5.05. The monoisotopic (exact) mass is 275 g/mol. The highest BCUT2D eigenvalue weighted by molar-refractivity contribution is 5.90. The summed E-state index contributed by atoms with van der Waals surface area (Å²) in [6, 6.07) is 9.49. The van der Waals surface area contributed by atoms with Crippen LogP contribution in [0.4, 0.5) is 0 Å². The van der Waals surface area contributed by atoms with Gasteiger partial charge in [-0.3, -0.25) is 9.59 Å². The fourth-order valence-corrected chi connectivity index (χ4v) is 2.37. The molecule has 5 nitrogen and oxygen atoms in total. The number of hydrogen-bond acceptors (Lipinski definition) is 3. The molecule has 0 spiro atoms. The lowest BCUT2D eigenvalue weighted by Gasteiger charge is -2.25. The zero-order valence-electron chi connectivity index (χ0n) is 11.5. The van der Waals surface area contributed by atoms with E-state index in [1.54, 1.807) is 4.90 Å². The highest BCUT2D eigenvalue weighted by atomic mass is 16.2. The van der Waals surface area contributed by atoms with Crippen molar-refractivity contribution in [3.05, 3.63) is 35.9 Å². The molecule has 1 fully saturated rings. The zero-order chi connectivity index (χ0) is 14.4. The lowest BCUT2D eigenvalue weighted by Crippen LogP contribution is -2.44. The summed E-state index contributed by atoms with van der Waals surface area (Å²) in [6.07, 6.45) is 1.79. The molecule has 1 aromatic carbocycles. The van der Waals surface area contributed by atoms with E-state index < -0.39 is 0 Å². The fraction of sp³-hybridized carbons (Fsp3) is 0.467. The van der Waals surface area contributed by atoms with Gasteiger partial charge in [0.25, 0.3) is 0 Å². The van der Waals surface area contributed by atoms with Gasteiger partial charge >= 0.3 is 0 Å². The van der Waals surface area contributed by atoms with Crippen LogP contribution in [0.15, 0.2) is 30.3 Å². The predicted octanol–water partition coefficient (Wildman–Crippen LogP) is 0.643. The van der Waals surface area contributed by atoms with Crippen LogP contribution in [0, 0.1) is 0 Å². The number of carbonyl (C=O) groups is 2. The Morgan fingerprint density at radius 3 is 2.70 bits per heavy atom. The van der Waals surface area contributed by atoms with E-state index in [0.29, 0.717) is 32.5 Å². The topological polar surface area (TPSA) is 75.4 Å². The van der Waals surface area contributed by atoms with E-state index in [-0.39, 0.29) is 17.9 Å². The van der Waals surface area contributed by atoms with Crippen molar-refractivity contribution < 1.29 is 9.59 Å². The van der Waals surface area contributed by atoms with Gasteiger partial charge in [0.2, 0.25) is 11.8 Å². The summed E-state index contributed by atoms with van der Waals surface area (Å²) in [5.41, 5.74) is 6.62. The Morgan fingerprint density at radius 1 is 1.35 bits per heavy atom. The number of benzene rings is 1. The van der Waals surface area contributed by atoms with Gasteiger partial charge in [-0.15, -0.1) is 0 Å². The van der Waals surface area contributed by atoms with Crippen LogP contribution in [0.5, 0.6) is 0 Å². The van der Waals surface area contributed by atoms with Gasteiger partial charge in [-0.1, -0.05) is 30.3 Å². The molecule has 2 rings (SSSR count). The first-order valence-corrected chi connectivity index (χ1v) is 7.03. The molecular formula is C15H21N3O2. The molecule has 2 amide bonds. The van der Waals surface area contributed by atoms with Gasteiger partial charge in [0.1, 0.15) is 6.04 Å². The molecule has 1 aliphatic rings. The lowest BCUT2D eigenvalue weighted by molar-refractivity contribution is -0.135. The minimum absolute atomic E-state index is 0.00634. The largest absolute Gasteiger partial charge is 0.344 e. The van der Waals surface area contributed by atoms with E-state index in [1.807, 2.05) is 30.3 Å². The van der Waals surface area contributed by atoms with Crippen LogP contribution in [0.3, 0.4) is 0 Å². The van der Waals surface area contributed by atoms with Gasteiger partial charge < -0.3 is 16.0 Å². The molecule has 1 heterocycles. The Labute approximate surface area is 119 Å². The maximum absolute atomic E-state index is 12.5. The molecule has 1 saturated heterocycles. The molecule has 0 unspecified atom stereocenters. The Kier molecular flexibility index (Phi) is 5.12. The smallest absolute Gasteiger partial charge is 0.245 e. The second-order valence-corrected chi connectivity index (χ2v) is 5.05. The van der Waals surface area contributed by atoms with Crippen LogP contribution in [0.2, 0.25) is 0 Å². The molecule has 108 valence electrons. The Bertz CT molecular complexity index is 461. The average molecular weight is 275 g/mol. The van der Waals surface area contributed by atoms with E-state index in [2.05, 4.69) is 5.32 Å². The SMILES string of the molecule is NCCCN(Cc1ccccc1)C(=O)[C@@H]1CCC(=O)N1. The van der Waals surface area contributed by atoms with E-state index in [1.165, 1.54) is 0 Å². The van der Waals surface area contributed by atoms with E-state index in [0.717, 1.165) is 12.0 Å². The molecular weight excluding hydrogens is 254 g/mol. The van der Waals surface area contributed by atoms with Gasteiger partial charge in [0.15, 0.2) is 0 Å². The number of hydrogen-bond donors (Lipinski definition) is 2. The first-order valence-electron chi connectivity index (χ1n) is 7.03. The predicted molar refractivity (Wildman–Crippen MR) is 76.7 cm³/mol. The van der Waals surface area contributed by atoms with Crippen molar-refractivity contribution in [3.63, 3.8) is 0 Å². The first-order chi connectivity index (χ1) is 9.70. The first kappa shape index (κ1) is 14.5. The van der Waals surface area contributed by atoms with Gasteiger partial charge in [-0.25, -0.2) is 0 Å². The summed E-state index contributed by atoms with van der Waals surface area (Å²) in [5.74, 6) is -0.0463. The molecule has 0 aromatic heterocycles. The second kappa shape index (κ2) is 7.05. The minimum atomic E-state index is -0.371. The van der Waals surface area contributed by atoms with Crippen LogP contribution >= 0.6 is 0 Å². The van der Waals surface area contributed by atoms with Crippen molar-refractivity contribution in [1.29, 1.82) is 0 Å². The van der Waals surface area contributed by atoms with E-state index >= 15 is 0 Å². The molecule has 0 radical (unpaired) electrons. The number of nitrogens with zero attached hydrogens (tertiary/aromatic N) is 1. The quantitative estimate of drug-likeness (QED) is 0.800. The summed E-state index contributed by atoms with van der Waals surface area (Å²) in [7, 11) is 0. The molecule has 5 heteroatoms. The third-order valence-electron chi connectivity index (χ3n) is 3.45. The van der Waals surface area contributed by atoms with Crippen LogP contribution in [-0.2, 0) is 16.1 Å². The fourth-order valence-electron chi connectivity index (χ4n) is 2.37. The third-order valence-corrected chi connectivity index (χ3v) is 3.45. The van der Waals surface area contributed by atoms with Gasteiger partial charge in [-0.05, 0) is 24.9 Å². The zero-order valence-corrected chi connectivity index (χ0v) is 11.5. The minimum Gasteiger partial charge on any atom is -0.344 e. The number of amides is 2. The number of carbonyl (C=O) groups excluding carboxylic acids is 2. The van der Waals surface area contributed by atoms with E-state index in [9.17, 15) is 9.59 Å². The number of nitrogens with two attached hydrogens (primary N) is 1. The average Bonchev–Trinajstić information content (AvgIpc) is 2.90. The van der Waals surface area contributed by atoms with Gasteiger partial charge in [0, 0.05) is 19.5 Å². The molecule has 20 heavy (non-hydrogen) atoms.